The normalized spacial score (nSPS) is 13.2. The topological polar surface area (TPSA) is 88.5 Å². The van der Waals surface area contributed by atoms with Crippen LogP contribution in [0.25, 0.3) is 10.9 Å². The Hall–Kier alpha value is -2.63. The number of nitrogens with one attached hydrogen (secondary N) is 1. The molecule has 0 fully saturated rings. The lowest BCUT2D eigenvalue weighted by molar-refractivity contribution is -0.139. The number of anilines is 1. The van der Waals surface area contributed by atoms with Crippen molar-refractivity contribution in [1.82, 2.24) is 4.98 Å². The molecule has 1 aromatic carbocycles. The highest BCUT2D eigenvalue weighted by Crippen LogP contribution is 2.27. The first-order chi connectivity index (χ1) is 9.11. The van der Waals surface area contributed by atoms with Gasteiger partial charge in [0, 0.05) is 10.9 Å². The molecule has 0 saturated carbocycles. The van der Waals surface area contributed by atoms with E-state index in [0.717, 1.165) is 16.5 Å². The molecule has 1 aliphatic rings. The Kier molecular flexibility index (Phi) is 2.56. The molecule has 0 unspecified atom stereocenters. The zero-order valence-corrected chi connectivity index (χ0v) is 9.84. The second kappa shape index (κ2) is 4.24. The number of aromatic nitrogens is 1. The first-order valence-corrected chi connectivity index (χ1v) is 5.70. The number of hydrogen-bond donors (Lipinski definition) is 2. The molecule has 0 aliphatic carbocycles. The van der Waals surface area contributed by atoms with E-state index in [9.17, 15) is 9.59 Å². The van der Waals surface area contributed by atoms with Crippen molar-refractivity contribution in [3.05, 3.63) is 29.8 Å². The minimum atomic E-state index is -1.03. The van der Waals surface area contributed by atoms with Gasteiger partial charge in [-0.1, -0.05) is 0 Å². The average Bonchev–Trinajstić information content (AvgIpc) is 2.72. The van der Waals surface area contributed by atoms with Crippen LogP contribution in [0.5, 0.6) is 5.75 Å². The van der Waals surface area contributed by atoms with Gasteiger partial charge in [0.25, 0.3) is 0 Å². The highest BCUT2D eigenvalue weighted by molar-refractivity contribution is 6.00. The van der Waals surface area contributed by atoms with E-state index in [-0.39, 0.29) is 12.5 Å². The summed E-state index contributed by atoms with van der Waals surface area (Å²) in [5.41, 5.74) is 1.57. The van der Waals surface area contributed by atoms with Crippen LogP contribution in [0.2, 0.25) is 0 Å². The fraction of sp³-hybridized carbons (Fsp3) is 0.154. The van der Waals surface area contributed by atoms with Gasteiger partial charge in [-0.2, -0.15) is 0 Å². The summed E-state index contributed by atoms with van der Waals surface area (Å²) >= 11 is 0. The zero-order valence-electron chi connectivity index (χ0n) is 9.84. The van der Waals surface area contributed by atoms with Crippen molar-refractivity contribution in [2.45, 2.75) is 6.42 Å². The predicted molar refractivity (Wildman–Crippen MR) is 67.2 cm³/mol. The number of pyridine rings is 1. The molecule has 2 aromatic rings. The van der Waals surface area contributed by atoms with E-state index in [1.54, 1.807) is 18.2 Å². The van der Waals surface area contributed by atoms with Gasteiger partial charge in [-0.15, -0.1) is 0 Å². The average molecular weight is 258 g/mol. The lowest BCUT2D eigenvalue weighted by Crippen LogP contribution is -2.09. The van der Waals surface area contributed by atoms with E-state index in [4.69, 9.17) is 9.84 Å². The number of rotatable bonds is 3. The molecule has 2 heterocycles. The third-order valence-corrected chi connectivity index (χ3v) is 2.84. The highest BCUT2D eigenvalue weighted by atomic mass is 16.5. The van der Waals surface area contributed by atoms with Crippen LogP contribution in [0.4, 0.5) is 5.82 Å². The van der Waals surface area contributed by atoms with Gasteiger partial charge in [0.15, 0.2) is 6.61 Å². The number of hydrogen-bond acceptors (Lipinski definition) is 4. The third-order valence-electron chi connectivity index (χ3n) is 2.84. The fourth-order valence-corrected chi connectivity index (χ4v) is 2.03. The van der Waals surface area contributed by atoms with Crippen LogP contribution in [0.15, 0.2) is 24.3 Å². The maximum absolute atomic E-state index is 11.3. The molecule has 0 radical (unpaired) electrons. The summed E-state index contributed by atoms with van der Waals surface area (Å²) in [6.07, 6.45) is 0.318. The van der Waals surface area contributed by atoms with Crippen molar-refractivity contribution in [3.63, 3.8) is 0 Å². The Balaban J connectivity index is 1.97. The van der Waals surface area contributed by atoms with Crippen molar-refractivity contribution in [2.75, 3.05) is 11.9 Å². The van der Waals surface area contributed by atoms with Gasteiger partial charge in [0.1, 0.15) is 11.6 Å². The Labute approximate surface area is 108 Å². The lowest BCUT2D eigenvalue weighted by atomic mass is 10.1. The standard InChI is InChI=1S/C13H10N2O4/c16-11-5-8-3-7-4-9(19-6-12(17)18)1-2-10(7)14-13(8)15-11/h1-4H,5-6H2,(H,17,18)(H,14,15,16). The van der Waals surface area contributed by atoms with Gasteiger partial charge in [0.2, 0.25) is 5.91 Å². The summed E-state index contributed by atoms with van der Waals surface area (Å²) in [4.78, 5) is 26.1. The van der Waals surface area contributed by atoms with Gasteiger partial charge in [-0.25, -0.2) is 9.78 Å². The van der Waals surface area contributed by atoms with E-state index in [1.807, 2.05) is 6.07 Å². The van der Waals surface area contributed by atoms with Crippen LogP contribution in [0.1, 0.15) is 5.56 Å². The van der Waals surface area contributed by atoms with E-state index in [1.165, 1.54) is 0 Å². The molecule has 0 saturated heterocycles. The van der Waals surface area contributed by atoms with Crippen LogP contribution < -0.4 is 10.1 Å². The van der Waals surface area contributed by atoms with E-state index >= 15 is 0 Å². The van der Waals surface area contributed by atoms with Gasteiger partial charge in [0.05, 0.1) is 11.9 Å². The minimum Gasteiger partial charge on any atom is -0.482 e. The summed E-state index contributed by atoms with van der Waals surface area (Å²) in [5, 5.41) is 12.1. The monoisotopic (exact) mass is 258 g/mol. The van der Waals surface area contributed by atoms with Gasteiger partial charge in [-0.05, 0) is 24.3 Å². The maximum atomic E-state index is 11.3. The lowest BCUT2D eigenvalue weighted by Gasteiger charge is -2.06. The second-order valence-corrected chi connectivity index (χ2v) is 4.26. The minimum absolute atomic E-state index is 0.0693. The molecule has 0 bridgehead atoms. The molecular weight excluding hydrogens is 248 g/mol. The van der Waals surface area contributed by atoms with E-state index < -0.39 is 5.97 Å². The molecule has 1 aliphatic heterocycles. The summed E-state index contributed by atoms with van der Waals surface area (Å²) in [7, 11) is 0. The molecule has 96 valence electrons. The van der Waals surface area contributed by atoms with Crippen molar-refractivity contribution in [1.29, 1.82) is 0 Å². The van der Waals surface area contributed by atoms with Crippen LogP contribution >= 0.6 is 0 Å². The smallest absolute Gasteiger partial charge is 0.341 e. The molecule has 1 aromatic heterocycles. The van der Waals surface area contributed by atoms with Crippen LogP contribution in [0, 0.1) is 0 Å². The number of carbonyl (C=O) groups excluding carboxylic acids is 1. The second-order valence-electron chi connectivity index (χ2n) is 4.26. The number of nitrogens with zero attached hydrogens (tertiary/aromatic N) is 1. The summed E-state index contributed by atoms with van der Waals surface area (Å²) in [6, 6.07) is 6.97. The zero-order chi connectivity index (χ0) is 13.4. The molecule has 3 rings (SSSR count). The Morgan fingerprint density at radius 3 is 3.05 bits per heavy atom. The van der Waals surface area contributed by atoms with E-state index in [0.29, 0.717) is 18.0 Å². The predicted octanol–water partition coefficient (Wildman–Crippen LogP) is 1.19. The van der Waals surface area contributed by atoms with Crippen molar-refractivity contribution < 1.29 is 19.4 Å². The third kappa shape index (κ3) is 2.20. The molecule has 1 amide bonds. The Bertz CT molecular complexity index is 696. The molecule has 0 spiro atoms. The summed E-state index contributed by atoms with van der Waals surface area (Å²) in [5.74, 6) is -0.0345. The molecule has 19 heavy (non-hydrogen) atoms. The van der Waals surface area contributed by atoms with Crippen molar-refractivity contribution in [2.24, 2.45) is 0 Å². The molecule has 6 nitrogen and oxygen atoms in total. The fourth-order valence-electron chi connectivity index (χ4n) is 2.03. The highest BCUT2D eigenvalue weighted by Gasteiger charge is 2.19. The molecule has 6 heteroatoms. The Morgan fingerprint density at radius 2 is 2.26 bits per heavy atom. The van der Waals surface area contributed by atoms with Crippen LogP contribution in [-0.4, -0.2) is 28.6 Å². The number of carbonyl (C=O) groups is 2. The first-order valence-electron chi connectivity index (χ1n) is 5.70. The number of fused-ring (bicyclic) bond motifs is 2. The largest absolute Gasteiger partial charge is 0.482 e. The number of amides is 1. The number of benzene rings is 1. The van der Waals surface area contributed by atoms with Crippen LogP contribution in [-0.2, 0) is 16.0 Å². The first kappa shape index (κ1) is 11.5. The number of aliphatic carboxylic acids is 1. The van der Waals surface area contributed by atoms with Crippen LogP contribution in [0.3, 0.4) is 0 Å². The van der Waals surface area contributed by atoms with E-state index in [2.05, 4.69) is 10.3 Å². The number of carboxylic acids is 1. The molecule has 0 atom stereocenters. The molecular formula is C13H10N2O4. The number of ether oxygens (including phenoxy) is 1. The van der Waals surface area contributed by atoms with Gasteiger partial charge >= 0.3 is 5.97 Å². The van der Waals surface area contributed by atoms with Crippen molar-refractivity contribution in [3.8, 4) is 5.75 Å². The summed E-state index contributed by atoms with van der Waals surface area (Å²) in [6.45, 7) is -0.385. The Morgan fingerprint density at radius 1 is 1.42 bits per heavy atom. The summed E-state index contributed by atoms with van der Waals surface area (Å²) < 4.78 is 5.11. The molecule has 2 N–H and O–H groups in total. The van der Waals surface area contributed by atoms with Crippen molar-refractivity contribution >= 4 is 28.6 Å². The van der Waals surface area contributed by atoms with Gasteiger partial charge < -0.3 is 15.2 Å². The maximum Gasteiger partial charge on any atom is 0.341 e. The number of carboxylic acid groups (broad SMARTS) is 1. The quantitative estimate of drug-likeness (QED) is 0.863. The SMILES string of the molecule is O=C(O)COc1ccc2nc3c(cc2c1)CC(=O)N3. The van der Waals surface area contributed by atoms with Gasteiger partial charge in [-0.3, -0.25) is 4.79 Å².